The molecule has 1 saturated carbocycles. The normalized spacial score (nSPS) is 21.3. The van der Waals surface area contributed by atoms with Gasteiger partial charge in [-0.25, -0.2) is 0 Å². The second-order valence-electron chi connectivity index (χ2n) is 11.5. The maximum Gasteiger partial charge on any atom is 0.126 e. The minimum atomic E-state index is -0.0496. The lowest BCUT2D eigenvalue weighted by atomic mass is 9.83. The van der Waals surface area contributed by atoms with E-state index in [-0.39, 0.29) is 5.60 Å². The lowest BCUT2D eigenvalue weighted by Gasteiger charge is -2.38. The fraction of sp³-hybridized carbons (Fsp3) is 0.636. The Morgan fingerprint density at radius 3 is 2.09 bits per heavy atom. The average molecular weight is 463 g/mol. The van der Waals surface area contributed by atoms with Crippen LogP contribution in [0.4, 0.5) is 0 Å². The second-order valence-corrected chi connectivity index (χ2v) is 11.5. The van der Waals surface area contributed by atoms with Crippen LogP contribution in [0.1, 0.15) is 126 Å². The van der Waals surface area contributed by atoms with E-state index in [4.69, 9.17) is 4.74 Å². The first-order chi connectivity index (χ1) is 16.2. The van der Waals surface area contributed by atoms with Crippen LogP contribution in [-0.2, 0) is 6.42 Å². The van der Waals surface area contributed by atoms with E-state index in [2.05, 4.69) is 66.7 Å². The Morgan fingerprint density at radius 1 is 0.765 bits per heavy atom. The summed E-state index contributed by atoms with van der Waals surface area (Å²) >= 11 is 0. The minimum Gasteiger partial charge on any atom is -0.487 e. The van der Waals surface area contributed by atoms with Crippen molar-refractivity contribution in [1.82, 2.24) is 0 Å². The van der Waals surface area contributed by atoms with Gasteiger partial charge < -0.3 is 4.74 Å². The summed E-state index contributed by atoms with van der Waals surface area (Å²) in [6.07, 6.45) is 23.7. The molecule has 3 rings (SSSR count). The molecule has 1 aliphatic heterocycles. The zero-order chi connectivity index (χ0) is 24.7. The summed E-state index contributed by atoms with van der Waals surface area (Å²) in [4.78, 5) is 0. The molecule has 1 aliphatic carbocycles. The molecule has 1 heteroatoms. The van der Waals surface area contributed by atoms with Gasteiger partial charge in [0.15, 0.2) is 0 Å². The predicted molar refractivity (Wildman–Crippen MR) is 149 cm³/mol. The molecule has 34 heavy (non-hydrogen) atoms. The van der Waals surface area contributed by atoms with Crippen LogP contribution < -0.4 is 4.74 Å². The van der Waals surface area contributed by atoms with Gasteiger partial charge in [0.05, 0.1) is 0 Å². The summed E-state index contributed by atoms with van der Waals surface area (Å²) in [6, 6.07) is 0. The Balaban J connectivity index is 1.44. The Bertz CT molecular complexity index is 934. The molecule has 1 aromatic rings. The molecule has 1 nitrogen and oxygen atoms in total. The molecule has 2 aliphatic rings. The lowest BCUT2D eigenvalue weighted by molar-refractivity contribution is 0.0560. The number of hydrogen-bond donors (Lipinski definition) is 0. The molecule has 0 amide bonds. The minimum absolute atomic E-state index is 0.0496. The van der Waals surface area contributed by atoms with Gasteiger partial charge in [-0.05, 0) is 153 Å². The number of benzene rings is 1. The van der Waals surface area contributed by atoms with Crippen LogP contribution in [0.5, 0.6) is 5.75 Å². The molecule has 0 N–H and O–H groups in total. The molecular formula is C33H50O. The second kappa shape index (κ2) is 12.3. The highest BCUT2D eigenvalue weighted by molar-refractivity contribution is 5.55. The highest BCUT2D eigenvalue weighted by Crippen LogP contribution is 2.42. The van der Waals surface area contributed by atoms with Crippen molar-refractivity contribution in [2.24, 2.45) is 0 Å². The average Bonchev–Trinajstić information content (AvgIpc) is 2.82. The molecule has 0 aromatic heterocycles. The van der Waals surface area contributed by atoms with Crippen molar-refractivity contribution in [2.75, 3.05) is 0 Å². The van der Waals surface area contributed by atoms with Crippen LogP contribution in [0.2, 0.25) is 0 Å². The van der Waals surface area contributed by atoms with Crippen LogP contribution in [0.15, 0.2) is 34.9 Å². The number of hydrogen-bond acceptors (Lipinski definition) is 1. The first-order valence-electron chi connectivity index (χ1n) is 14.0. The third-order valence-electron chi connectivity index (χ3n) is 8.67. The molecule has 1 aromatic carbocycles. The van der Waals surface area contributed by atoms with Crippen molar-refractivity contribution in [3.63, 3.8) is 0 Å². The van der Waals surface area contributed by atoms with Gasteiger partial charge in [-0.3, -0.25) is 0 Å². The first-order valence-corrected chi connectivity index (χ1v) is 14.0. The van der Waals surface area contributed by atoms with Gasteiger partial charge in [0.1, 0.15) is 11.4 Å². The lowest BCUT2D eigenvalue weighted by Crippen LogP contribution is -2.37. The molecule has 0 spiro atoms. The zero-order valence-electron chi connectivity index (χ0n) is 23.3. The highest BCUT2D eigenvalue weighted by Gasteiger charge is 2.33. The molecule has 1 fully saturated rings. The van der Waals surface area contributed by atoms with Crippen molar-refractivity contribution in [3.8, 4) is 5.75 Å². The number of rotatable bonds is 9. The predicted octanol–water partition coefficient (Wildman–Crippen LogP) is 10.1. The standard InChI is InChI=1S/C33H50O/c1-24(16-12-20-30-18-9-8-10-19-30)14-11-15-25(2)17-13-22-33(7)23-21-31-28(5)26(3)27(4)29(6)32(31)34-33/h14,17,20H,8-13,15-16,18-19,21-23H2,1-7H3/b24-14+,25-17+/t33-/m1/s1. The topological polar surface area (TPSA) is 9.23 Å². The van der Waals surface area contributed by atoms with Crippen molar-refractivity contribution >= 4 is 0 Å². The summed E-state index contributed by atoms with van der Waals surface area (Å²) in [5.41, 5.74) is 11.8. The van der Waals surface area contributed by atoms with Crippen LogP contribution in [-0.4, -0.2) is 5.60 Å². The van der Waals surface area contributed by atoms with Crippen LogP contribution in [0, 0.1) is 27.7 Å². The quantitative estimate of drug-likeness (QED) is 0.332. The smallest absolute Gasteiger partial charge is 0.126 e. The van der Waals surface area contributed by atoms with Crippen molar-refractivity contribution in [2.45, 2.75) is 138 Å². The van der Waals surface area contributed by atoms with Crippen molar-refractivity contribution < 1.29 is 4.74 Å². The molecule has 188 valence electrons. The van der Waals surface area contributed by atoms with E-state index in [0.717, 1.165) is 25.7 Å². The Morgan fingerprint density at radius 2 is 1.38 bits per heavy atom. The van der Waals surface area contributed by atoms with Gasteiger partial charge in [-0.15, -0.1) is 0 Å². The van der Waals surface area contributed by atoms with E-state index in [9.17, 15) is 0 Å². The van der Waals surface area contributed by atoms with Gasteiger partial charge in [0.2, 0.25) is 0 Å². The maximum atomic E-state index is 6.70. The van der Waals surface area contributed by atoms with Gasteiger partial charge in [0, 0.05) is 0 Å². The summed E-state index contributed by atoms with van der Waals surface area (Å²) in [5, 5.41) is 0. The molecule has 1 heterocycles. The maximum absolute atomic E-state index is 6.70. The van der Waals surface area contributed by atoms with E-state index in [1.807, 2.05) is 0 Å². The molecule has 0 radical (unpaired) electrons. The summed E-state index contributed by atoms with van der Waals surface area (Å²) < 4.78 is 6.70. The Kier molecular flexibility index (Phi) is 9.69. The third-order valence-corrected chi connectivity index (χ3v) is 8.67. The van der Waals surface area contributed by atoms with E-state index < -0.39 is 0 Å². The number of fused-ring (bicyclic) bond motifs is 1. The SMILES string of the molecule is C/C(=C\CC/C(C)=C/CC[C@]1(C)CCc2c(C)c(C)c(C)c(C)c2O1)CCC=C1CCCCC1. The van der Waals surface area contributed by atoms with E-state index in [0.29, 0.717) is 0 Å². The van der Waals surface area contributed by atoms with Crippen molar-refractivity contribution in [3.05, 3.63) is 62.8 Å². The fourth-order valence-corrected chi connectivity index (χ4v) is 5.75. The molecule has 1 atom stereocenters. The summed E-state index contributed by atoms with van der Waals surface area (Å²) in [7, 11) is 0. The van der Waals surface area contributed by atoms with Gasteiger partial charge >= 0.3 is 0 Å². The molecule has 0 saturated heterocycles. The Hall–Kier alpha value is -1.76. The Labute approximate surface area is 210 Å². The number of allylic oxidation sites excluding steroid dienone is 6. The largest absolute Gasteiger partial charge is 0.487 e. The number of ether oxygens (including phenoxy) is 1. The van der Waals surface area contributed by atoms with Crippen LogP contribution in [0.3, 0.4) is 0 Å². The van der Waals surface area contributed by atoms with Crippen molar-refractivity contribution in [1.29, 1.82) is 0 Å². The molecule has 0 bridgehead atoms. The van der Waals surface area contributed by atoms with Crippen LogP contribution in [0.25, 0.3) is 0 Å². The summed E-state index contributed by atoms with van der Waals surface area (Å²) in [5.74, 6) is 1.18. The van der Waals surface area contributed by atoms with E-state index >= 15 is 0 Å². The monoisotopic (exact) mass is 462 g/mol. The van der Waals surface area contributed by atoms with E-state index in [1.165, 1.54) is 96.9 Å². The van der Waals surface area contributed by atoms with Gasteiger partial charge in [0.25, 0.3) is 0 Å². The van der Waals surface area contributed by atoms with E-state index in [1.54, 1.807) is 11.1 Å². The molecular weight excluding hydrogens is 412 g/mol. The summed E-state index contributed by atoms with van der Waals surface area (Å²) in [6.45, 7) is 15.9. The molecule has 0 unspecified atom stereocenters. The first kappa shape index (κ1) is 26.8. The highest BCUT2D eigenvalue weighted by atomic mass is 16.5. The fourth-order valence-electron chi connectivity index (χ4n) is 5.75. The third kappa shape index (κ3) is 7.12. The van der Waals surface area contributed by atoms with Gasteiger partial charge in [-0.2, -0.15) is 0 Å². The zero-order valence-corrected chi connectivity index (χ0v) is 23.3. The van der Waals surface area contributed by atoms with Crippen LogP contribution >= 0.6 is 0 Å². The van der Waals surface area contributed by atoms with Gasteiger partial charge in [-0.1, -0.05) is 41.4 Å².